The number of hydrogen-bond donors (Lipinski definition) is 1. The smallest absolute Gasteiger partial charge is 0.273 e. The number of aromatic hydroxyl groups is 1. The van der Waals surface area contributed by atoms with Crippen LogP contribution in [0, 0.1) is 10.1 Å². The topological polar surface area (TPSA) is 63.4 Å². The zero-order valence-electron chi connectivity index (χ0n) is 13.1. The minimum Gasteiger partial charge on any atom is -0.508 e. The van der Waals surface area contributed by atoms with Crippen molar-refractivity contribution in [2.75, 3.05) is 0 Å². The van der Waals surface area contributed by atoms with Gasteiger partial charge in [0, 0.05) is 30.0 Å². The third-order valence-electron chi connectivity index (χ3n) is 4.03. The number of phenolic OH excluding ortho intramolecular Hbond substituents is 1. The maximum absolute atomic E-state index is 11.5. The Hall–Kier alpha value is -3.14. The van der Waals surface area contributed by atoms with Crippen molar-refractivity contribution in [3.8, 4) is 5.75 Å². The van der Waals surface area contributed by atoms with Gasteiger partial charge < -0.3 is 5.11 Å². The van der Waals surface area contributed by atoms with Crippen molar-refractivity contribution in [1.29, 1.82) is 0 Å². The monoisotopic (exact) mass is 319 g/mol. The van der Waals surface area contributed by atoms with E-state index < -0.39 is 0 Å². The molecule has 3 aromatic carbocycles. The standard InChI is InChI=1S/C20H17NO3/c22-20-12-11-19(21(23)24)17(13-15-7-3-1-4-8-15)18(20)14-16-9-5-2-6-10-16/h1-12,22H,13-14H2. The van der Waals surface area contributed by atoms with E-state index in [0.717, 1.165) is 11.1 Å². The maximum atomic E-state index is 11.5. The summed E-state index contributed by atoms with van der Waals surface area (Å²) in [4.78, 5) is 11.1. The number of benzene rings is 3. The number of nitrogens with zero attached hydrogens (tertiary/aromatic N) is 1. The van der Waals surface area contributed by atoms with Crippen LogP contribution < -0.4 is 0 Å². The van der Waals surface area contributed by atoms with Crippen LogP contribution in [-0.2, 0) is 12.8 Å². The van der Waals surface area contributed by atoms with Crippen molar-refractivity contribution in [3.05, 3.63) is 105 Å². The van der Waals surface area contributed by atoms with E-state index in [1.807, 2.05) is 60.7 Å². The molecule has 4 heteroatoms. The van der Waals surface area contributed by atoms with Crippen LogP contribution in [-0.4, -0.2) is 10.0 Å². The fourth-order valence-corrected chi connectivity index (χ4v) is 2.83. The van der Waals surface area contributed by atoms with Gasteiger partial charge in [-0.15, -0.1) is 0 Å². The molecule has 0 aromatic heterocycles. The first-order valence-corrected chi connectivity index (χ1v) is 7.71. The largest absolute Gasteiger partial charge is 0.508 e. The van der Waals surface area contributed by atoms with Gasteiger partial charge in [0.05, 0.1) is 4.92 Å². The van der Waals surface area contributed by atoms with Crippen LogP contribution in [0.1, 0.15) is 22.3 Å². The Morgan fingerprint density at radius 3 is 1.75 bits per heavy atom. The van der Waals surface area contributed by atoms with Gasteiger partial charge in [-0.1, -0.05) is 60.7 Å². The van der Waals surface area contributed by atoms with Crippen molar-refractivity contribution in [2.45, 2.75) is 12.8 Å². The molecule has 24 heavy (non-hydrogen) atoms. The Morgan fingerprint density at radius 2 is 1.25 bits per heavy atom. The Morgan fingerprint density at radius 1 is 0.750 bits per heavy atom. The molecular weight excluding hydrogens is 302 g/mol. The molecule has 0 amide bonds. The molecule has 0 saturated carbocycles. The molecule has 0 spiro atoms. The highest BCUT2D eigenvalue weighted by Gasteiger charge is 2.21. The first-order valence-electron chi connectivity index (χ1n) is 7.71. The van der Waals surface area contributed by atoms with Gasteiger partial charge in [0.25, 0.3) is 5.69 Å². The molecule has 1 N–H and O–H groups in total. The SMILES string of the molecule is O=[N+]([O-])c1ccc(O)c(Cc2ccccc2)c1Cc1ccccc1. The molecule has 0 radical (unpaired) electrons. The van der Waals surface area contributed by atoms with E-state index >= 15 is 0 Å². The lowest BCUT2D eigenvalue weighted by molar-refractivity contribution is -0.385. The van der Waals surface area contributed by atoms with Crippen molar-refractivity contribution in [1.82, 2.24) is 0 Å². The summed E-state index contributed by atoms with van der Waals surface area (Å²) in [5, 5.41) is 21.8. The molecule has 0 aliphatic rings. The molecular formula is C20H17NO3. The van der Waals surface area contributed by atoms with Crippen LogP contribution in [0.25, 0.3) is 0 Å². The number of nitro benzene ring substituents is 1. The molecule has 0 fully saturated rings. The lowest BCUT2D eigenvalue weighted by atomic mass is 9.93. The maximum Gasteiger partial charge on any atom is 0.273 e. The number of nitro groups is 1. The third kappa shape index (κ3) is 3.43. The van der Waals surface area contributed by atoms with Crippen molar-refractivity contribution in [3.63, 3.8) is 0 Å². The second kappa shape index (κ2) is 6.96. The second-order valence-electron chi connectivity index (χ2n) is 5.64. The molecule has 0 atom stereocenters. The Balaban J connectivity index is 2.08. The summed E-state index contributed by atoms with van der Waals surface area (Å²) < 4.78 is 0. The number of rotatable bonds is 5. The van der Waals surface area contributed by atoms with Gasteiger partial charge in [-0.3, -0.25) is 10.1 Å². The van der Waals surface area contributed by atoms with Gasteiger partial charge in [-0.2, -0.15) is 0 Å². The highest BCUT2D eigenvalue weighted by molar-refractivity contribution is 5.55. The molecule has 4 nitrogen and oxygen atoms in total. The molecule has 3 rings (SSSR count). The van der Waals surface area contributed by atoms with E-state index in [4.69, 9.17) is 0 Å². The summed E-state index contributed by atoms with van der Waals surface area (Å²) in [6.07, 6.45) is 0.865. The van der Waals surface area contributed by atoms with E-state index in [2.05, 4.69) is 0 Å². The Kier molecular flexibility index (Phi) is 4.57. The minimum absolute atomic E-state index is 0.0441. The average molecular weight is 319 g/mol. The summed E-state index contributed by atoms with van der Waals surface area (Å²) in [6.45, 7) is 0. The number of phenols is 1. The molecule has 0 saturated heterocycles. The predicted octanol–water partition coefficient (Wildman–Crippen LogP) is 4.48. The molecule has 0 aliphatic heterocycles. The molecule has 0 heterocycles. The van der Waals surface area contributed by atoms with Crippen LogP contribution >= 0.6 is 0 Å². The van der Waals surface area contributed by atoms with E-state index in [9.17, 15) is 15.2 Å². The van der Waals surface area contributed by atoms with Gasteiger partial charge >= 0.3 is 0 Å². The predicted molar refractivity (Wildman–Crippen MR) is 93.3 cm³/mol. The Bertz CT molecular complexity index is 846. The normalized spacial score (nSPS) is 10.5. The lowest BCUT2D eigenvalue weighted by Crippen LogP contribution is -2.03. The van der Waals surface area contributed by atoms with Crippen LogP contribution in [0.4, 0.5) is 5.69 Å². The minimum atomic E-state index is -0.383. The van der Waals surface area contributed by atoms with Crippen LogP contribution in [0.2, 0.25) is 0 Å². The van der Waals surface area contributed by atoms with E-state index in [0.29, 0.717) is 24.0 Å². The number of hydrogen-bond acceptors (Lipinski definition) is 3. The van der Waals surface area contributed by atoms with E-state index in [1.165, 1.54) is 12.1 Å². The quantitative estimate of drug-likeness (QED) is 0.557. The summed E-state index contributed by atoms with van der Waals surface area (Å²) >= 11 is 0. The molecule has 0 unspecified atom stereocenters. The Labute approximate surface area is 140 Å². The highest BCUT2D eigenvalue weighted by Crippen LogP contribution is 2.33. The van der Waals surface area contributed by atoms with E-state index in [1.54, 1.807) is 0 Å². The van der Waals surface area contributed by atoms with Gasteiger partial charge in [-0.25, -0.2) is 0 Å². The molecule has 120 valence electrons. The summed E-state index contributed by atoms with van der Waals surface area (Å²) in [6, 6.07) is 22.0. The molecule has 0 aliphatic carbocycles. The van der Waals surface area contributed by atoms with Crippen molar-refractivity contribution in [2.24, 2.45) is 0 Å². The zero-order chi connectivity index (χ0) is 16.9. The summed E-state index contributed by atoms with van der Waals surface area (Å²) in [5.41, 5.74) is 3.19. The molecule has 0 bridgehead atoms. The highest BCUT2D eigenvalue weighted by atomic mass is 16.6. The van der Waals surface area contributed by atoms with Crippen LogP contribution in [0.3, 0.4) is 0 Å². The van der Waals surface area contributed by atoms with Gasteiger partial charge in [0.15, 0.2) is 0 Å². The molecule has 3 aromatic rings. The second-order valence-corrected chi connectivity index (χ2v) is 5.64. The first-order chi connectivity index (χ1) is 11.6. The fraction of sp³-hybridized carbons (Fsp3) is 0.100. The van der Waals surface area contributed by atoms with Crippen LogP contribution in [0.5, 0.6) is 5.75 Å². The van der Waals surface area contributed by atoms with Gasteiger partial charge in [0.1, 0.15) is 5.75 Å². The van der Waals surface area contributed by atoms with Crippen LogP contribution in [0.15, 0.2) is 72.8 Å². The van der Waals surface area contributed by atoms with Gasteiger partial charge in [0.2, 0.25) is 0 Å². The average Bonchev–Trinajstić information content (AvgIpc) is 2.59. The van der Waals surface area contributed by atoms with Gasteiger partial charge in [-0.05, 0) is 17.2 Å². The lowest BCUT2D eigenvalue weighted by Gasteiger charge is -2.13. The van der Waals surface area contributed by atoms with Crippen molar-refractivity contribution < 1.29 is 10.0 Å². The fourth-order valence-electron chi connectivity index (χ4n) is 2.83. The van der Waals surface area contributed by atoms with E-state index in [-0.39, 0.29) is 16.4 Å². The summed E-state index contributed by atoms with van der Waals surface area (Å²) in [5.74, 6) is 0.0929. The first kappa shape index (κ1) is 15.7. The third-order valence-corrected chi connectivity index (χ3v) is 4.03. The van der Waals surface area contributed by atoms with Crippen molar-refractivity contribution >= 4 is 5.69 Å². The summed E-state index contributed by atoms with van der Waals surface area (Å²) in [7, 11) is 0. The zero-order valence-corrected chi connectivity index (χ0v) is 13.1.